The van der Waals surface area contributed by atoms with Crippen LogP contribution in [-0.2, 0) is 79.8 Å². The second-order valence-electron chi connectivity index (χ2n) is 16.8. The van der Waals surface area contributed by atoms with Crippen LogP contribution in [0.1, 0.15) is 68.9 Å². The second-order valence-corrected chi connectivity index (χ2v) is 16.8. The van der Waals surface area contributed by atoms with Crippen LogP contribution in [0.3, 0.4) is 0 Å². The molecule has 3 aromatic rings. The van der Waals surface area contributed by atoms with E-state index in [1.807, 2.05) is 0 Å². The summed E-state index contributed by atoms with van der Waals surface area (Å²) >= 11 is 0. The number of carboxylic acid groups (broad SMARTS) is 1. The van der Waals surface area contributed by atoms with Crippen LogP contribution in [0, 0.1) is 5.41 Å². The van der Waals surface area contributed by atoms with Crippen molar-refractivity contribution < 1.29 is 81.6 Å². The minimum Gasteiger partial charge on any atom is -0.481 e. The molecule has 362 valence electrons. The Morgan fingerprint density at radius 3 is 1.90 bits per heavy atom. The number of aliphatic hydroxyl groups is 1. The maximum absolute atomic E-state index is 14.3. The number of azide groups is 1. The zero-order valence-electron chi connectivity index (χ0n) is 37.8. The lowest BCUT2D eigenvalue weighted by Gasteiger charge is -2.48. The van der Waals surface area contributed by atoms with E-state index >= 15 is 0 Å². The van der Waals surface area contributed by atoms with E-state index in [4.69, 9.17) is 52.5 Å². The predicted molar refractivity (Wildman–Crippen MR) is 232 cm³/mol. The van der Waals surface area contributed by atoms with Crippen LogP contribution < -0.4 is 0 Å². The quantitative estimate of drug-likeness (QED) is 0.0326. The first-order chi connectivity index (χ1) is 32.0. The molecule has 5 rings (SSSR count). The third-order valence-corrected chi connectivity index (χ3v) is 10.2. The zero-order valence-corrected chi connectivity index (χ0v) is 37.8. The van der Waals surface area contributed by atoms with Gasteiger partial charge in [-0.3, -0.25) is 14.4 Å². The number of carboxylic acids is 1. The lowest BCUT2D eigenvalue weighted by Crippen LogP contribution is -2.67. The smallest absolute Gasteiger partial charge is 0.338 e. The summed E-state index contributed by atoms with van der Waals surface area (Å²) in [5.41, 5.74) is 10.4. The van der Waals surface area contributed by atoms with Crippen LogP contribution in [0.5, 0.6) is 0 Å². The molecule has 0 saturated carbocycles. The van der Waals surface area contributed by atoms with Gasteiger partial charge in [0, 0.05) is 4.91 Å². The number of hydrogen-bond donors (Lipinski definition) is 2. The van der Waals surface area contributed by atoms with Crippen LogP contribution in [0.15, 0.2) is 96.1 Å². The van der Waals surface area contributed by atoms with Gasteiger partial charge >= 0.3 is 29.8 Å². The van der Waals surface area contributed by atoms with Crippen LogP contribution >= 0.6 is 0 Å². The summed E-state index contributed by atoms with van der Waals surface area (Å²) in [6.45, 7) is 6.51. The highest BCUT2D eigenvalue weighted by Gasteiger charge is 2.57. The van der Waals surface area contributed by atoms with E-state index in [0.29, 0.717) is 11.1 Å². The molecule has 2 aliphatic heterocycles. The molecule has 0 bridgehead atoms. The minimum atomic E-state index is -1.81. The Morgan fingerprint density at radius 2 is 1.33 bits per heavy atom. The number of carbonyl (C=O) groups excluding carboxylic acids is 4. The van der Waals surface area contributed by atoms with Gasteiger partial charge in [-0.1, -0.05) is 84.0 Å². The Bertz CT molecular complexity index is 2120. The number of carbonyl (C=O) groups is 5. The molecule has 2 saturated heterocycles. The number of hydrogen-bond acceptors (Lipinski definition) is 17. The van der Waals surface area contributed by atoms with E-state index in [1.165, 1.54) is 12.1 Å². The van der Waals surface area contributed by atoms with Crippen molar-refractivity contribution in [3.8, 4) is 0 Å². The lowest BCUT2D eigenvalue weighted by molar-refractivity contribution is -0.351. The Hall–Kier alpha value is -5.96. The molecule has 0 aliphatic carbocycles. The van der Waals surface area contributed by atoms with E-state index < -0.39 is 135 Å². The molecular formula is C47H57N3O17. The van der Waals surface area contributed by atoms with Gasteiger partial charge in [-0.15, -0.1) is 0 Å². The van der Waals surface area contributed by atoms with Crippen molar-refractivity contribution in [2.45, 2.75) is 128 Å². The summed E-state index contributed by atoms with van der Waals surface area (Å²) < 4.78 is 60.5. The number of ether oxygens (including phenoxy) is 10. The third-order valence-electron chi connectivity index (χ3n) is 10.2. The first-order valence-corrected chi connectivity index (χ1v) is 21.7. The average Bonchev–Trinajstić information content (AvgIpc) is 3.30. The number of benzene rings is 3. The highest BCUT2D eigenvalue weighted by molar-refractivity contribution is 5.89. The molecule has 20 nitrogen and oxygen atoms in total. The molecule has 2 fully saturated rings. The van der Waals surface area contributed by atoms with Crippen LogP contribution in [-0.4, -0.2) is 127 Å². The van der Waals surface area contributed by atoms with E-state index in [2.05, 4.69) is 10.0 Å². The van der Waals surface area contributed by atoms with Crippen molar-refractivity contribution in [3.05, 3.63) is 118 Å². The normalized spacial score (nSPS) is 25.0. The summed E-state index contributed by atoms with van der Waals surface area (Å²) in [4.78, 5) is 67.2. The van der Waals surface area contributed by atoms with Gasteiger partial charge in [0.25, 0.3) is 0 Å². The van der Waals surface area contributed by atoms with Gasteiger partial charge < -0.3 is 57.6 Å². The topological polar surface area (TPSA) is 267 Å². The van der Waals surface area contributed by atoms with Crippen LogP contribution in [0.4, 0.5) is 0 Å². The molecule has 3 aromatic carbocycles. The molecule has 0 amide bonds. The first kappa shape index (κ1) is 52.0. The van der Waals surface area contributed by atoms with E-state index in [1.54, 1.807) is 113 Å². The number of aliphatic hydroxyl groups excluding tert-OH is 1. The van der Waals surface area contributed by atoms with Crippen molar-refractivity contribution in [2.75, 3.05) is 19.8 Å². The van der Waals surface area contributed by atoms with Gasteiger partial charge in [0.2, 0.25) is 0 Å². The predicted octanol–water partition coefficient (Wildman–Crippen LogP) is 5.22. The van der Waals surface area contributed by atoms with E-state index in [0.717, 1.165) is 0 Å². The van der Waals surface area contributed by atoms with Crippen molar-refractivity contribution in [1.29, 1.82) is 0 Å². The van der Waals surface area contributed by atoms with Crippen LogP contribution in [0.25, 0.3) is 10.4 Å². The van der Waals surface area contributed by atoms with Crippen molar-refractivity contribution >= 4 is 29.8 Å². The molecule has 0 radical (unpaired) electrons. The maximum Gasteiger partial charge on any atom is 0.338 e. The number of rotatable bonds is 22. The van der Waals surface area contributed by atoms with Gasteiger partial charge in [-0.05, 0) is 63.4 Å². The summed E-state index contributed by atoms with van der Waals surface area (Å²) in [6, 6.07) is 24.4. The Kier molecular flexibility index (Phi) is 19.6. The Balaban J connectivity index is 1.56. The fraction of sp³-hybridized carbons (Fsp3) is 0.511. The fourth-order valence-electron chi connectivity index (χ4n) is 6.84. The standard InChI is InChI=1S/C47H57N3O17/c1-28(2)63-45-41(67-46(57)47(3,4)5)38(61-26-30-17-11-7-12-18-30)39(40(66-45)43(56)59-24-23-58-34(53)22-21-33(51)52)65-44-35(49-50-48)37(60-25-29-15-9-6-10-16-29)36(54)32(64-44)27-62-42(55)31-19-13-8-14-20-31/h6-20,28,32,35-41,44-45,54H,21-27H2,1-5H3,(H,51,52)/t32-,35-,36-,37-,38+,39+,40-,41-,44-,45-/m1/s1. The molecule has 10 atom stereocenters. The summed E-state index contributed by atoms with van der Waals surface area (Å²) in [6.07, 6.45) is -15.5. The van der Waals surface area contributed by atoms with Crippen molar-refractivity contribution in [1.82, 2.24) is 0 Å². The monoisotopic (exact) mass is 935 g/mol. The molecule has 2 N–H and O–H groups in total. The fourth-order valence-corrected chi connectivity index (χ4v) is 6.84. The number of esters is 4. The molecule has 2 heterocycles. The van der Waals surface area contributed by atoms with Gasteiger partial charge in [-0.25, -0.2) is 9.59 Å². The van der Waals surface area contributed by atoms with Crippen molar-refractivity contribution in [2.24, 2.45) is 10.5 Å². The van der Waals surface area contributed by atoms with Crippen molar-refractivity contribution in [3.63, 3.8) is 0 Å². The summed E-state index contributed by atoms with van der Waals surface area (Å²) in [7, 11) is 0. The SMILES string of the molecule is CC(C)O[C@@H]1O[C@@H](C(=O)OCCOC(=O)CCC(=O)O)[C@@H](O[C@H]2O[C@H](COC(=O)c3ccccc3)[C@@H](O)[C@H](OCc3ccccc3)[C@H]2N=[N+]=[N-])[C@H](OCc2ccccc2)[C@H]1OC(=O)C(C)(C)C. The summed E-state index contributed by atoms with van der Waals surface area (Å²) in [5, 5.41) is 24.7. The lowest BCUT2D eigenvalue weighted by atomic mass is 9.94. The third kappa shape index (κ3) is 15.6. The molecule has 0 aromatic heterocycles. The average molecular weight is 936 g/mol. The highest BCUT2D eigenvalue weighted by atomic mass is 16.8. The zero-order chi connectivity index (χ0) is 48.5. The van der Waals surface area contributed by atoms with E-state index in [9.17, 15) is 34.6 Å². The van der Waals surface area contributed by atoms with Gasteiger partial charge in [0.1, 0.15) is 50.3 Å². The molecule has 67 heavy (non-hydrogen) atoms. The second kappa shape index (κ2) is 25.3. The first-order valence-electron chi connectivity index (χ1n) is 21.7. The van der Waals surface area contributed by atoms with E-state index in [-0.39, 0.29) is 18.8 Å². The van der Waals surface area contributed by atoms with Gasteiger partial charge in [0.05, 0.1) is 49.2 Å². The summed E-state index contributed by atoms with van der Waals surface area (Å²) in [5.74, 6) is -4.58. The van der Waals surface area contributed by atoms with Crippen LogP contribution in [0.2, 0.25) is 0 Å². The molecule has 20 heteroatoms. The Morgan fingerprint density at radius 1 is 0.746 bits per heavy atom. The number of aliphatic carboxylic acids is 1. The largest absolute Gasteiger partial charge is 0.481 e. The molecule has 0 unspecified atom stereocenters. The highest BCUT2D eigenvalue weighted by Crippen LogP contribution is 2.36. The molecule has 0 spiro atoms. The van der Waals surface area contributed by atoms with Gasteiger partial charge in [-0.2, -0.15) is 0 Å². The minimum absolute atomic E-state index is 0.0898. The maximum atomic E-state index is 14.3. The van der Waals surface area contributed by atoms with Gasteiger partial charge in [0.15, 0.2) is 24.8 Å². The molecular weight excluding hydrogens is 879 g/mol. The number of nitrogens with zero attached hydrogens (tertiary/aromatic N) is 3. The Labute approximate surface area is 387 Å². The molecule has 2 aliphatic rings.